The normalized spacial score (nSPS) is 23.4. The van der Waals surface area contributed by atoms with Gasteiger partial charge in [-0.05, 0) is 49.9 Å². The van der Waals surface area contributed by atoms with Crippen molar-refractivity contribution in [3.8, 4) is 5.75 Å². The van der Waals surface area contributed by atoms with E-state index in [1.807, 2.05) is 24.3 Å². The lowest BCUT2D eigenvalue weighted by Gasteiger charge is -2.27. The van der Waals surface area contributed by atoms with Gasteiger partial charge >= 0.3 is 5.97 Å². The maximum absolute atomic E-state index is 10.9. The summed E-state index contributed by atoms with van der Waals surface area (Å²) >= 11 is 0. The molecule has 2 rings (SSSR count). The first-order valence-corrected chi connectivity index (χ1v) is 6.32. The average Bonchev–Trinajstić information content (AvgIpc) is 2.40. The molecule has 2 N–H and O–H groups in total. The number of benzene rings is 1. The summed E-state index contributed by atoms with van der Waals surface area (Å²) in [6.45, 7) is 0. The van der Waals surface area contributed by atoms with Crippen LogP contribution >= 0.6 is 0 Å². The maximum atomic E-state index is 10.9. The van der Waals surface area contributed by atoms with E-state index in [0.29, 0.717) is 6.04 Å². The van der Waals surface area contributed by atoms with E-state index in [1.54, 1.807) is 7.11 Å². The van der Waals surface area contributed by atoms with Crippen molar-refractivity contribution in [1.29, 1.82) is 0 Å². The summed E-state index contributed by atoms with van der Waals surface area (Å²) in [7, 11) is 1.65. The standard InChI is InChI=1S/C14H19NO3/c1-18-13-8-6-12(7-9-13)15-11-4-2-10(3-5-11)14(16)17/h6-11,15H,2-5H2,1H3,(H,16,17). The van der Waals surface area contributed by atoms with Crippen molar-refractivity contribution in [2.24, 2.45) is 5.92 Å². The Hall–Kier alpha value is -1.71. The zero-order valence-corrected chi connectivity index (χ0v) is 10.6. The van der Waals surface area contributed by atoms with Crippen LogP contribution in [0.5, 0.6) is 5.75 Å². The van der Waals surface area contributed by atoms with Crippen molar-refractivity contribution < 1.29 is 14.6 Å². The van der Waals surface area contributed by atoms with Gasteiger partial charge < -0.3 is 15.2 Å². The number of carbonyl (C=O) groups is 1. The lowest BCUT2D eigenvalue weighted by atomic mass is 9.86. The zero-order valence-electron chi connectivity index (χ0n) is 10.6. The molecule has 0 bridgehead atoms. The Morgan fingerprint density at radius 2 is 1.83 bits per heavy atom. The number of carboxylic acids is 1. The molecule has 1 aliphatic rings. The van der Waals surface area contributed by atoms with Crippen LogP contribution in [0.25, 0.3) is 0 Å². The van der Waals surface area contributed by atoms with Crippen LogP contribution in [0.15, 0.2) is 24.3 Å². The lowest BCUT2D eigenvalue weighted by Crippen LogP contribution is -2.29. The quantitative estimate of drug-likeness (QED) is 0.861. The molecule has 1 aromatic carbocycles. The topological polar surface area (TPSA) is 58.6 Å². The molecule has 0 spiro atoms. The molecule has 1 aliphatic carbocycles. The molecule has 4 heteroatoms. The predicted octanol–water partition coefficient (Wildman–Crippen LogP) is 2.75. The number of aliphatic carboxylic acids is 1. The van der Waals surface area contributed by atoms with E-state index in [9.17, 15) is 4.79 Å². The van der Waals surface area contributed by atoms with Crippen molar-refractivity contribution in [2.75, 3.05) is 12.4 Å². The van der Waals surface area contributed by atoms with Crippen molar-refractivity contribution >= 4 is 11.7 Å². The fraction of sp³-hybridized carbons (Fsp3) is 0.500. The second-order valence-electron chi connectivity index (χ2n) is 4.76. The summed E-state index contributed by atoms with van der Waals surface area (Å²) in [5, 5.41) is 12.4. The van der Waals surface area contributed by atoms with E-state index < -0.39 is 5.97 Å². The summed E-state index contributed by atoms with van der Waals surface area (Å²) in [6, 6.07) is 8.20. The van der Waals surface area contributed by atoms with Gasteiger partial charge in [0.15, 0.2) is 0 Å². The van der Waals surface area contributed by atoms with Gasteiger partial charge in [0.05, 0.1) is 13.0 Å². The van der Waals surface area contributed by atoms with E-state index in [-0.39, 0.29) is 5.92 Å². The molecule has 1 saturated carbocycles. The maximum Gasteiger partial charge on any atom is 0.306 e. The molecule has 1 fully saturated rings. The van der Waals surface area contributed by atoms with Gasteiger partial charge in [0.25, 0.3) is 0 Å². The predicted molar refractivity (Wildman–Crippen MR) is 70.0 cm³/mol. The highest BCUT2D eigenvalue weighted by Gasteiger charge is 2.25. The molecule has 98 valence electrons. The van der Waals surface area contributed by atoms with Crippen LogP contribution in [-0.2, 0) is 4.79 Å². The number of rotatable bonds is 4. The van der Waals surface area contributed by atoms with Crippen LogP contribution < -0.4 is 10.1 Å². The van der Waals surface area contributed by atoms with E-state index in [2.05, 4.69) is 5.32 Å². The number of methoxy groups -OCH3 is 1. The van der Waals surface area contributed by atoms with Gasteiger partial charge in [0.1, 0.15) is 5.75 Å². The highest BCUT2D eigenvalue weighted by atomic mass is 16.5. The van der Waals surface area contributed by atoms with E-state index in [0.717, 1.165) is 37.1 Å². The summed E-state index contributed by atoms with van der Waals surface area (Å²) in [6.07, 6.45) is 3.37. The zero-order chi connectivity index (χ0) is 13.0. The molecule has 0 aromatic heterocycles. The first kappa shape index (κ1) is 12.7. The number of nitrogens with one attached hydrogen (secondary N) is 1. The van der Waals surface area contributed by atoms with Crippen molar-refractivity contribution in [1.82, 2.24) is 0 Å². The molecule has 0 atom stereocenters. The molecular formula is C14H19NO3. The summed E-state index contributed by atoms with van der Waals surface area (Å²) in [5.41, 5.74) is 1.06. The molecule has 0 unspecified atom stereocenters. The van der Waals surface area contributed by atoms with Gasteiger partial charge in [-0.15, -0.1) is 0 Å². The lowest BCUT2D eigenvalue weighted by molar-refractivity contribution is -0.142. The first-order valence-electron chi connectivity index (χ1n) is 6.32. The monoisotopic (exact) mass is 249 g/mol. The van der Waals surface area contributed by atoms with Crippen molar-refractivity contribution in [3.05, 3.63) is 24.3 Å². The molecule has 18 heavy (non-hydrogen) atoms. The van der Waals surface area contributed by atoms with Gasteiger partial charge in [0.2, 0.25) is 0 Å². The van der Waals surface area contributed by atoms with Crippen LogP contribution in [0.1, 0.15) is 25.7 Å². The smallest absolute Gasteiger partial charge is 0.306 e. The Morgan fingerprint density at radius 3 is 2.33 bits per heavy atom. The minimum atomic E-state index is -0.655. The number of carboxylic acid groups (broad SMARTS) is 1. The largest absolute Gasteiger partial charge is 0.497 e. The van der Waals surface area contributed by atoms with Crippen molar-refractivity contribution in [3.63, 3.8) is 0 Å². The van der Waals surface area contributed by atoms with Gasteiger partial charge in [-0.3, -0.25) is 4.79 Å². The second kappa shape index (κ2) is 5.76. The Bertz CT molecular complexity index is 394. The molecule has 0 radical (unpaired) electrons. The fourth-order valence-electron chi connectivity index (χ4n) is 2.41. The third-order valence-corrected chi connectivity index (χ3v) is 3.54. The highest BCUT2D eigenvalue weighted by Crippen LogP contribution is 2.27. The number of ether oxygens (including phenoxy) is 1. The SMILES string of the molecule is COc1ccc(NC2CCC(C(=O)O)CC2)cc1. The van der Waals surface area contributed by atoms with E-state index in [1.165, 1.54) is 0 Å². The van der Waals surface area contributed by atoms with Gasteiger partial charge in [-0.25, -0.2) is 0 Å². The summed E-state index contributed by atoms with van der Waals surface area (Å²) in [5.74, 6) is 0.0342. The molecular weight excluding hydrogens is 230 g/mol. The van der Waals surface area contributed by atoms with E-state index in [4.69, 9.17) is 9.84 Å². The van der Waals surface area contributed by atoms with Crippen LogP contribution in [0.2, 0.25) is 0 Å². The van der Waals surface area contributed by atoms with E-state index >= 15 is 0 Å². The van der Waals surface area contributed by atoms with Gasteiger partial charge in [-0.2, -0.15) is 0 Å². The minimum absolute atomic E-state index is 0.154. The van der Waals surface area contributed by atoms with Crippen LogP contribution in [0.3, 0.4) is 0 Å². The molecule has 0 heterocycles. The molecule has 4 nitrogen and oxygen atoms in total. The van der Waals surface area contributed by atoms with Gasteiger partial charge in [-0.1, -0.05) is 0 Å². The molecule has 0 aliphatic heterocycles. The number of hydrogen-bond donors (Lipinski definition) is 2. The number of anilines is 1. The third kappa shape index (κ3) is 3.15. The summed E-state index contributed by atoms with van der Waals surface area (Å²) < 4.78 is 5.11. The van der Waals surface area contributed by atoms with Crippen LogP contribution in [0, 0.1) is 5.92 Å². The molecule has 0 amide bonds. The Balaban J connectivity index is 1.85. The minimum Gasteiger partial charge on any atom is -0.497 e. The average molecular weight is 249 g/mol. The Morgan fingerprint density at radius 1 is 1.22 bits per heavy atom. The first-order chi connectivity index (χ1) is 8.69. The van der Waals surface area contributed by atoms with Gasteiger partial charge in [0, 0.05) is 11.7 Å². The fourth-order valence-corrected chi connectivity index (χ4v) is 2.41. The van der Waals surface area contributed by atoms with Crippen molar-refractivity contribution in [2.45, 2.75) is 31.7 Å². The third-order valence-electron chi connectivity index (χ3n) is 3.54. The number of hydrogen-bond acceptors (Lipinski definition) is 3. The second-order valence-corrected chi connectivity index (χ2v) is 4.76. The van der Waals surface area contributed by atoms with Crippen LogP contribution in [-0.4, -0.2) is 24.2 Å². The van der Waals surface area contributed by atoms with Crippen LogP contribution in [0.4, 0.5) is 5.69 Å². The molecule has 1 aromatic rings. The summed E-state index contributed by atoms with van der Waals surface area (Å²) in [4.78, 5) is 10.9. The Labute approximate surface area is 107 Å². The highest BCUT2D eigenvalue weighted by molar-refractivity contribution is 5.70. The Kier molecular flexibility index (Phi) is 4.07. The molecule has 0 saturated heterocycles.